The molecular weight excluding hydrogens is 250 g/mol. The number of rotatable bonds is 5. The Morgan fingerprint density at radius 3 is 2.60 bits per heavy atom. The Morgan fingerprint density at radius 2 is 1.95 bits per heavy atom. The van der Waals surface area contributed by atoms with Crippen molar-refractivity contribution in [1.29, 1.82) is 0 Å². The molecule has 0 spiro atoms. The van der Waals surface area contributed by atoms with Crippen molar-refractivity contribution < 1.29 is 4.74 Å². The fraction of sp³-hybridized carbons (Fsp3) is 0.375. The van der Waals surface area contributed by atoms with Gasteiger partial charge in [-0.1, -0.05) is 17.7 Å². The molecule has 0 bridgehead atoms. The average Bonchev–Trinajstić information content (AvgIpc) is 3.25. The number of hydrogen-bond acceptors (Lipinski definition) is 4. The van der Waals surface area contributed by atoms with Crippen molar-refractivity contribution in [3.63, 3.8) is 0 Å². The molecule has 1 heterocycles. The highest BCUT2D eigenvalue weighted by atomic mass is 16.5. The van der Waals surface area contributed by atoms with Gasteiger partial charge in [0.25, 0.3) is 0 Å². The summed E-state index contributed by atoms with van der Waals surface area (Å²) < 4.78 is 5.66. The number of aromatic nitrogens is 2. The summed E-state index contributed by atoms with van der Waals surface area (Å²) in [5.74, 6) is 0.763. The molecule has 1 aliphatic carbocycles. The minimum atomic E-state index is 0.404. The highest BCUT2D eigenvalue weighted by Crippen LogP contribution is 2.21. The molecule has 1 saturated carbocycles. The second-order valence-electron chi connectivity index (χ2n) is 5.33. The minimum Gasteiger partial charge on any atom is -0.424 e. The molecule has 20 heavy (non-hydrogen) atoms. The molecule has 3 rings (SSSR count). The number of aryl methyl sites for hydroxylation is 2. The van der Waals surface area contributed by atoms with Crippen LogP contribution in [0.2, 0.25) is 0 Å². The molecule has 1 aliphatic rings. The van der Waals surface area contributed by atoms with Gasteiger partial charge in [-0.05, 0) is 38.8 Å². The first kappa shape index (κ1) is 13.1. The van der Waals surface area contributed by atoms with Crippen LogP contribution in [0.3, 0.4) is 0 Å². The van der Waals surface area contributed by atoms with E-state index in [2.05, 4.69) is 15.3 Å². The molecule has 0 saturated heterocycles. The van der Waals surface area contributed by atoms with Crippen LogP contribution in [0, 0.1) is 13.8 Å². The Kier molecular flexibility index (Phi) is 3.65. The average molecular weight is 269 g/mol. The lowest BCUT2D eigenvalue weighted by Crippen LogP contribution is -2.16. The van der Waals surface area contributed by atoms with Gasteiger partial charge < -0.3 is 10.1 Å². The van der Waals surface area contributed by atoms with Crippen molar-refractivity contribution in [2.24, 2.45) is 0 Å². The number of benzene rings is 1. The number of ether oxygens (including phenoxy) is 1. The van der Waals surface area contributed by atoms with E-state index in [1.54, 1.807) is 0 Å². The lowest BCUT2D eigenvalue weighted by molar-refractivity contribution is 0.439. The monoisotopic (exact) mass is 269 g/mol. The van der Waals surface area contributed by atoms with Crippen LogP contribution in [-0.2, 0) is 6.54 Å². The van der Waals surface area contributed by atoms with Crippen LogP contribution >= 0.6 is 0 Å². The van der Waals surface area contributed by atoms with Crippen LogP contribution in [0.5, 0.6) is 11.8 Å². The maximum atomic E-state index is 5.66. The van der Waals surface area contributed by atoms with E-state index in [9.17, 15) is 0 Å². The quantitative estimate of drug-likeness (QED) is 0.906. The second kappa shape index (κ2) is 5.59. The first-order valence-electron chi connectivity index (χ1n) is 7.01. The van der Waals surface area contributed by atoms with E-state index in [1.165, 1.54) is 18.4 Å². The van der Waals surface area contributed by atoms with Crippen LogP contribution in [0.4, 0.5) is 0 Å². The fourth-order valence-corrected chi connectivity index (χ4v) is 1.95. The van der Waals surface area contributed by atoms with E-state index in [-0.39, 0.29) is 0 Å². The van der Waals surface area contributed by atoms with Gasteiger partial charge in [-0.25, -0.2) is 4.98 Å². The summed E-state index contributed by atoms with van der Waals surface area (Å²) in [6, 6.07) is 8.97. The van der Waals surface area contributed by atoms with E-state index in [0.717, 1.165) is 23.6 Å². The predicted octanol–water partition coefficient (Wildman–Crippen LogP) is 3.14. The molecule has 2 aromatic rings. The van der Waals surface area contributed by atoms with E-state index in [1.807, 2.05) is 44.3 Å². The van der Waals surface area contributed by atoms with Crippen LogP contribution in [0.15, 0.2) is 30.5 Å². The van der Waals surface area contributed by atoms with Crippen molar-refractivity contribution in [1.82, 2.24) is 15.3 Å². The first-order chi connectivity index (χ1) is 9.70. The Labute approximate surface area is 119 Å². The number of nitrogens with zero attached hydrogens (tertiary/aromatic N) is 2. The van der Waals surface area contributed by atoms with Gasteiger partial charge in [0, 0.05) is 30.0 Å². The standard InChI is InChI=1S/C16H19N3O/c1-11-3-7-15(8-4-11)20-16-18-10-13(12(2)19-16)9-17-14-5-6-14/h3-4,7-8,10,14,17H,5-6,9H2,1-2H3. The lowest BCUT2D eigenvalue weighted by Gasteiger charge is -2.08. The zero-order valence-electron chi connectivity index (χ0n) is 11.9. The van der Waals surface area contributed by atoms with Crippen LogP contribution in [0.1, 0.15) is 29.7 Å². The Morgan fingerprint density at radius 1 is 1.20 bits per heavy atom. The molecule has 104 valence electrons. The summed E-state index contributed by atoms with van der Waals surface area (Å²) in [4.78, 5) is 8.70. The van der Waals surface area contributed by atoms with E-state index in [4.69, 9.17) is 4.74 Å². The van der Waals surface area contributed by atoms with Gasteiger partial charge >= 0.3 is 6.01 Å². The van der Waals surface area contributed by atoms with E-state index >= 15 is 0 Å². The van der Waals surface area contributed by atoms with Crippen molar-refractivity contribution >= 4 is 0 Å². The molecule has 0 radical (unpaired) electrons. The second-order valence-corrected chi connectivity index (χ2v) is 5.33. The van der Waals surface area contributed by atoms with Gasteiger partial charge in [0.05, 0.1) is 0 Å². The third-order valence-corrected chi connectivity index (χ3v) is 3.45. The molecule has 4 heteroatoms. The van der Waals surface area contributed by atoms with E-state index < -0.39 is 0 Å². The van der Waals surface area contributed by atoms with Crippen LogP contribution < -0.4 is 10.1 Å². The van der Waals surface area contributed by atoms with Gasteiger partial charge in [-0.15, -0.1) is 0 Å². The SMILES string of the molecule is Cc1ccc(Oc2ncc(CNC3CC3)c(C)n2)cc1. The zero-order chi connectivity index (χ0) is 13.9. The van der Waals surface area contributed by atoms with Gasteiger partial charge in [0.15, 0.2) is 0 Å². The summed E-state index contributed by atoms with van der Waals surface area (Å²) in [6.45, 7) is 4.88. The molecule has 1 N–H and O–H groups in total. The summed E-state index contributed by atoms with van der Waals surface area (Å²) in [5.41, 5.74) is 3.30. The first-order valence-corrected chi connectivity index (χ1v) is 7.01. The fourth-order valence-electron chi connectivity index (χ4n) is 1.95. The van der Waals surface area contributed by atoms with Crippen molar-refractivity contribution in [3.05, 3.63) is 47.3 Å². The van der Waals surface area contributed by atoms with Gasteiger partial charge in [-0.2, -0.15) is 4.98 Å². The van der Waals surface area contributed by atoms with E-state index in [0.29, 0.717) is 12.1 Å². The highest BCUT2D eigenvalue weighted by Gasteiger charge is 2.20. The van der Waals surface area contributed by atoms with Crippen LogP contribution in [-0.4, -0.2) is 16.0 Å². The van der Waals surface area contributed by atoms with Gasteiger partial charge in [-0.3, -0.25) is 0 Å². The topological polar surface area (TPSA) is 47.0 Å². The molecule has 1 aromatic heterocycles. The molecule has 1 aromatic carbocycles. The Balaban J connectivity index is 1.67. The van der Waals surface area contributed by atoms with Crippen molar-refractivity contribution in [2.45, 2.75) is 39.3 Å². The Hall–Kier alpha value is -1.94. The maximum Gasteiger partial charge on any atom is 0.322 e. The minimum absolute atomic E-state index is 0.404. The highest BCUT2D eigenvalue weighted by molar-refractivity contribution is 5.29. The summed E-state index contributed by atoms with van der Waals surface area (Å²) in [7, 11) is 0. The lowest BCUT2D eigenvalue weighted by atomic mass is 10.2. The maximum absolute atomic E-state index is 5.66. The molecule has 4 nitrogen and oxygen atoms in total. The molecular formula is C16H19N3O. The smallest absolute Gasteiger partial charge is 0.322 e. The van der Waals surface area contributed by atoms with Gasteiger partial charge in [0.1, 0.15) is 5.75 Å². The third-order valence-electron chi connectivity index (χ3n) is 3.45. The molecule has 0 unspecified atom stereocenters. The normalized spacial score (nSPS) is 14.3. The summed E-state index contributed by atoms with van der Waals surface area (Å²) in [6.07, 6.45) is 4.42. The predicted molar refractivity (Wildman–Crippen MR) is 77.9 cm³/mol. The van der Waals surface area contributed by atoms with Gasteiger partial charge in [0.2, 0.25) is 0 Å². The Bertz CT molecular complexity index is 591. The third kappa shape index (κ3) is 3.33. The molecule has 0 aliphatic heterocycles. The molecule has 0 amide bonds. The van der Waals surface area contributed by atoms with Crippen molar-refractivity contribution in [2.75, 3.05) is 0 Å². The largest absolute Gasteiger partial charge is 0.424 e. The van der Waals surface area contributed by atoms with Crippen molar-refractivity contribution in [3.8, 4) is 11.8 Å². The molecule has 0 atom stereocenters. The molecule has 1 fully saturated rings. The summed E-state index contributed by atoms with van der Waals surface area (Å²) >= 11 is 0. The number of hydrogen-bond donors (Lipinski definition) is 1. The number of nitrogens with one attached hydrogen (secondary N) is 1. The zero-order valence-corrected chi connectivity index (χ0v) is 11.9. The summed E-state index contributed by atoms with van der Waals surface area (Å²) in [5, 5.41) is 3.47. The van der Waals surface area contributed by atoms with Crippen LogP contribution in [0.25, 0.3) is 0 Å².